The number of rotatable bonds is 8. The van der Waals surface area contributed by atoms with E-state index >= 15 is 0 Å². The van der Waals surface area contributed by atoms with Crippen molar-refractivity contribution in [3.8, 4) is 0 Å². The first-order chi connectivity index (χ1) is 17.4. The first kappa shape index (κ1) is 24.8. The van der Waals surface area contributed by atoms with Crippen molar-refractivity contribution in [1.29, 1.82) is 0 Å². The molecule has 36 heavy (non-hydrogen) atoms. The SMILES string of the molecule is Nc1ccc(C(=O)Nc2ccccc2SSc2ccccc2NC(=O)c2ccc([N+](=O)[O-])cc2)cc1. The average molecular weight is 517 g/mol. The van der Waals surface area contributed by atoms with Crippen LogP contribution in [0.2, 0.25) is 0 Å². The minimum Gasteiger partial charge on any atom is -0.399 e. The molecule has 0 aliphatic carbocycles. The molecule has 0 radical (unpaired) electrons. The monoisotopic (exact) mass is 516 g/mol. The first-order valence-corrected chi connectivity index (χ1v) is 12.8. The van der Waals surface area contributed by atoms with Crippen molar-refractivity contribution in [1.82, 2.24) is 0 Å². The summed E-state index contributed by atoms with van der Waals surface area (Å²) in [6, 6.07) is 26.8. The molecule has 8 nitrogen and oxygen atoms in total. The quantitative estimate of drug-likeness (QED) is 0.106. The molecule has 0 aromatic heterocycles. The van der Waals surface area contributed by atoms with Crippen molar-refractivity contribution < 1.29 is 14.5 Å². The highest BCUT2D eigenvalue weighted by Gasteiger charge is 2.14. The van der Waals surface area contributed by atoms with E-state index in [0.717, 1.165) is 9.79 Å². The molecule has 10 heteroatoms. The number of nitrogens with one attached hydrogen (secondary N) is 2. The van der Waals surface area contributed by atoms with E-state index in [2.05, 4.69) is 10.6 Å². The molecule has 0 saturated carbocycles. The summed E-state index contributed by atoms with van der Waals surface area (Å²) in [7, 11) is 2.87. The maximum atomic E-state index is 12.7. The normalized spacial score (nSPS) is 10.4. The minimum atomic E-state index is -0.513. The van der Waals surface area contributed by atoms with Gasteiger partial charge in [0.25, 0.3) is 17.5 Å². The van der Waals surface area contributed by atoms with Crippen molar-refractivity contribution in [3.63, 3.8) is 0 Å². The number of nitrogens with zero attached hydrogens (tertiary/aromatic N) is 1. The summed E-state index contributed by atoms with van der Waals surface area (Å²) in [6.07, 6.45) is 0. The molecule has 2 amide bonds. The van der Waals surface area contributed by atoms with Crippen LogP contribution in [0, 0.1) is 10.1 Å². The van der Waals surface area contributed by atoms with Gasteiger partial charge in [0.1, 0.15) is 0 Å². The minimum absolute atomic E-state index is 0.0824. The zero-order valence-corrected chi connectivity index (χ0v) is 20.3. The van der Waals surface area contributed by atoms with Gasteiger partial charge in [0.05, 0.1) is 16.3 Å². The Morgan fingerprint density at radius 3 is 1.53 bits per heavy atom. The van der Waals surface area contributed by atoms with Crippen molar-refractivity contribution >= 4 is 56.2 Å². The second-order valence-corrected chi connectivity index (χ2v) is 9.71. The lowest BCUT2D eigenvalue weighted by molar-refractivity contribution is -0.384. The fraction of sp³-hybridized carbons (Fsp3) is 0. The predicted octanol–water partition coefficient (Wildman–Crippen LogP) is 6.48. The summed E-state index contributed by atoms with van der Waals surface area (Å²) in [5, 5.41) is 16.6. The van der Waals surface area contributed by atoms with E-state index in [0.29, 0.717) is 28.2 Å². The maximum Gasteiger partial charge on any atom is 0.269 e. The Bertz CT molecular complexity index is 1410. The number of benzene rings is 4. The van der Waals surface area contributed by atoms with Gasteiger partial charge in [-0.1, -0.05) is 45.9 Å². The standard InChI is InChI=1S/C26H20N4O4S2/c27-19-13-9-17(10-14-19)25(31)28-21-5-1-3-7-23(21)35-36-24-8-4-2-6-22(24)29-26(32)18-11-15-20(16-12-18)30(33)34/h1-16H,27H2,(H,28,31)(H,29,32). The van der Waals surface area contributed by atoms with Gasteiger partial charge < -0.3 is 16.4 Å². The lowest BCUT2D eigenvalue weighted by Gasteiger charge is -2.13. The molecule has 0 bridgehead atoms. The van der Waals surface area contributed by atoms with Gasteiger partial charge in [0.15, 0.2) is 0 Å². The number of para-hydroxylation sites is 2. The van der Waals surface area contributed by atoms with Gasteiger partial charge in [-0.25, -0.2) is 0 Å². The van der Waals surface area contributed by atoms with Gasteiger partial charge in [-0.2, -0.15) is 0 Å². The number of carbonyl (C=O) groups excluding carboxylic acids is 2. The molecule has 0 atom stereocenters. The number of anilines is 3. The highest BCUT2D eigenvalue weighted by atomic mass is 33.1. The molecule has 0 unspecified atom stereocenters. The van der Waals surface area contributed by atoms with Crippen LogP contribution in [0.4, 0.5) is 22.7 Å². The van der Waals surface area contributed by atoms with Gasteiger partial charge in [0.2, 0.25) is 0 Å². The fourth-order valence-electron chi connectivity index (χ4n) is 3.13. The summed E-state index contributed by atoms with van der Waals surface area (Å²) >= 11 is 0. The summed E-state index contributed by atoms with van der Waals surface area (Å²) in [5.41, 5.74) is 8.26. The van der Waals surface area contributed by atoms with E-state index in [1.54, 1.807) is 36.4 Å². The smallest absolute Gasteiger partial charge is 0.269 e. The van der Waals surface area contributed by atoms with Gasteiger partial charge in [0, 0.05) is 38.7 Å². The van der Waals surface area contributed by atoms with E-state index in [1.807, 2.05) is 36.4 Å². The predicted molar refractivity (Wildman–Crippen MR) is 144 cm³/mol. The van der Waals surface area contributed by atoms with Crippen LogP contribution >= 0.6 is 21.6 Å². The van der Waals surface area contributed by atoms with Crippen molar-refractivity contribution in [2.24, 2.45) is 0 Å². The number of hydrogen-bond acceptors (Lipinski definition) is 7. The van der Waals surface area contributed by atoms with Gasteiger partial charge in [-0.3, -0.25) is 19.7 Å². The zero-order chi connectivity index (χ0) is 25.5. The van der Waals surface area contributed by atoms with Crippen LogP contribution in [-0.2, 0) is 0 Å². The van der Waals surface area contributed by atoms with E-state index in [1.165, 1.54) is 45.9 Å². The maximum absolute atomic E-state index is 12.7. The van der Waals surface area contributed by atoms with E-state index in [9.17, 15) is 19.7 Å². The summed E-state index contributed by atoms with van der Waals surface area (Å²) < 4.78 is 0. The Hall–Kier alpha value is -4.28. The Kier molecular flexibility index (Phi) is 7.89. The third kappa shape index (κ3) is 6.23. The number of nitrogens with two attached hydrogens (primary N) is 1. The molecule has 4 rings (SSSR count). The molecule has 0 aliphatic rings. The lowest BCUT2D eigenvalue weighted by Crippen LogP contribution is -2.12. The third-order valence-electron chi connectivity index (χ3n) is 5.00. The number of non-ortho nitro benzene ring substituents is 1. The molecule has 0 fully saturated rings. The molecule has 0 aliphatic heterocycles. The van der Waals surface area contributed by atoms with Crippen molar-refractivity contribution in [2.45, 2.75) is 9.79 Å². The third-order valence-corrected chi connectivity index (χ3v) is 7.49. The summed E-state index contributed by atoms with van der Waals surface area (Å²) in [5.74, 6) is -0.622. The number of carbonyl (C=O) groups is 2. The summed E-state index contributed by atoms with van der Waals surface area (Å²) in [6.45, 7) is 0. The Balaban J connectivity index is 1.45. The van der Waals surface area contributed by atoms with Crippen LogP contribution in [0.5, 0.6) is 0 Å². The second-order valence-electron chi connectivity index (χ2n) is 7.49. The van der Waals surface area contributed by atoms with Crippen LogP contribution in [0.3, 0.4) is 0 Å². The van der Waals surface area contributed by atoms with Gasteiger partial charge in [-0.15, -0.1) is 0 Å². The van der Waals surface area contributed by atoms with Crippen LogP contribution in [0.15, 0.2) is 107 Å². The molecular formula is C26H20N4O4S2. The Morgan fingerprint density at radius 2 is 1.08 bits per heavy atom. The van der Waals surface area contributed by atoms with Gasteiger partial charge in [-0.05, 0) is 60.7 Å². The Labute approximate surface area is 214 Å². The largest absolute Gasteiger partial charge is 0.399 e. The zero-order valence-electron chi connectivity index (χ0n) is 18.7. The van der Waals surface area contributed by atoms with Gasteiger partial charge >= 0.3 is 0 Å². The number of amides is 2. The van der Waals surface area contributed by atoms with Crippen LogP contribution in [0.25, 0.3) is 0 Å². The van der Waals surface area contributed by atoms with Crippen LogP contribution < -0.4 is 16.4 Å². The average Bonchev–Trinajstić information content (AvgIpc) is 2.89. The van der Waals surface area contributed by atoms with E-state index < -0.39 is 4.92 Å². The second kappa shape index (κ2) is 11.4. The summed E-state index contributed by atoms with van der Waals surface area (Å²) in [4.78, 5) is 37.3. The number of nitro benzene ring substituents is 1. The topological polar surface area (TPSA) is 127 Å². The molecule has 0 saturated heterocycles. The molecular weight excluding hydrogens is 496 g/mol. The first-order valence-electron chi connectivity index (χ1n) is 10.7. The number of hydrogen-bond donors (Lipinski definition) is 3. The molecule has 4 aromatic rings. The molecule has 4 N–H and O–H groups in total. The van der Waals surface area contributed by atoms with Crippen LogP contribution in [0.1, 0.15) is 20.7 Å². The number of nitro groups is 1. The molecule has 4 aromatic carbocycles. The van der Waals surface area contributed by atoms with Crippen molar-refractivity contribution in [3.05, 3.63) is 118 Å². The van der Waals surface area contributed by atoms with E-state index in [-0.39, 0.29) is 17.5 Å². The molecule has 180 valence electrons. The lowest BCUT2D eigenvalue weighted by atomic mass is 10.2. The molecule has 0 heterocycles. The van der Waals surface area contributed by atoms with Crippen LogP contribution in [-0.4, -0.2) is 16.7 Å². The molecule has 0 spiro atoms. The fourth-order valence-corrected chi connectivity index (χ4v) is 5.41. The number of nitrogen functional groups attached to an aromatic ring is 1. The van der Waals surface area contributed by atoms with Crippen molar-refractivity contribution in [2.75, 3.05) is 16.4 Å². The highest BCUT2D eigenvalue weighted by molar-refractivity contribution is 8.76. The van der Waals surface area contributed by atoms with E-state index in [4.69, 9.17) is 5.73 Å². The Morgan fingerprint density at radius 1 is 0.667 bits per heavy atom. The highest BCUT2D eigenvalue weighted by Crippen LogP contribution is 2.43.